The van der Waals surface area contributed by atoms with E-state index in [1.807, 2.05) is 9.47 Å². The van der Waals surface area contributed by atoms with Crippen LogP contribution in [0, 0.1) is 5.82 Å². The zero-order chi connectivity index (χ0) is 19.6. The fraction of sp³-hybridized carbons (Fsp3) is 0.500. The quantitative estimate of drug-likeness (QED) is 0.818. The molecule has 3 N–H and O–H groups in total. The lowest BCUT2D eigenvalue weighted by Crippen LogP contribution is -2.42. The Morgan fingerprint density at radius 3 is 2.79 bits per heavy atom. The maximum Gasteiger partial charge on any atom is 0.341 e. The molecule has 8 heteroatoms. The van der Waals surface area contributed by atoms with Crippen LogP contribution in [-0.4, -0.2) is 40.9 Å². The first-order valence-corrected chi connectivity index (χ1v) is 9.71. The molecule has 1 aromatic carbocycles. The van der Waals surface area contributed by atoms with E-state index in [2.05, 4.69) is 0 Å². The Morgan fingerprint density at radius 2 is 2.07 bits per heavy atom. The van der Waals surface area contributed by atoms with Crippen LogP contribution >= 0.6 is 0 Å². The molecule has 7 nitrogen and oxygen atoms in total. The summed E-state index contributed by atoms with van der Waals surface area (Å²) >= 11 is 0. The lowest BCUT2D eigenvalue weighted by Gasteiger charge is -2.33. The van der Waals surface area contributed by atoms with Crippen LogP contribution in [0.2, 0.25) is 0 Å². The third-order valence-corrected chi connectivity index (χ3v) is 6.20. The third kappa shape index (κ3) is 2.55. The minimum Gasteiger partial charge on any atom is -0.477 e. The third-order valence-electron chi connectivity index (χ3n) is 6.20. The number of hydrogen-bond acceptors (Lipinski definition) is 5. The molecule has 3 heterocycles. The summed E-state index contributed by atoms with van der Waals surface area (Å²) in [6, 6.07) is 1.26. The summed E-state index contributed by atoms with van der Waals surface area (Å²) in [4.78, 5) is 26.4. The fourth-order valence-electron chi connectivity index (χ4n) is 4.70. The maximum atomic E-state index is 15.3. The van der Waals surface area contributed by atoms with Crippen LogP contribution < -0.4 is 16.1 Å². The fourth-order valence-corrected chi connectivity index (χ4v) is 4.70. The Bertz CT molecular complexity index is 1050. The van der Waals surface area contributed by atoms with E-state index in [1.54, 1.807) is 0 Å². The van der Waals surface area contributed by atoms with E-state index in [9.17, 15) is 14.7 Å². The van der Waals surface area contributed by atoms with E-state index >= 15 is 4.39 Å². The zero-order valence-electron chi connectivity index (χ0n) is 15.4. The summed E-state index contributed by atoms with van der Waals surface area (Å²) in [6.45, 7) is 1.34. The largest absolute Gasteiger partial charge is 0.477 e. The molecule has 2 aliphatic heterocycles. The van der Waals surface area contributed by atoms with Gasteiger partial charge in [-0.05, 0) is 31.7 Å². The molecule has 2 aromatic rings. The van der Waals surface area contributed by atoms with Crippen molar-refractivity contribution in [2.75, 3.05) is 18.1 Å². The Morgan fingerprint density at radius 1 is 1.29 bits per heavy atom. The molecule has 2 fully saturated rings. The maximum absolute atomic E-state index is 15.3. The van der Waals surface area contributed by atoms with Gasteiger partial charge in [0.1, 0.15) is 11.4 Å². The van der Waals surface area contributed by atoms with Crippen LogP contribution in [-0.2, 0) is 11.3 Å². The SMILES string of the molecule is N[C@@H]1CCN2c3c(F)cc4c(=O)c(C(=O)O)cn(C5CC5)c4c3COCC[C@H]12. The summed E-state index contributed by atoms with van der Waals surface area (Å²) in [5.41, 5.74) is 6.93. The first kappa shape index (κ1) is 17.6. The van der Waals surface area contributed by atoms with Gasteiger partial charge in [0.05, 0.1) is 17.8 Å². The number of pyridine rings is 1. The van der Waals surface area contributed by atoms with Gasteiger partial charge in [0, 0.05) is 48.4 Å². The summed E-state index contributed by atoms with van der Waals surface area (Å²) in [5, 5.41) is 9.54. The zero-order valence-corrected chi connectivity index (χ0v) is 15.4. The second-order valence-corrected chi connectivity index (χ2v) is 7.95. The smallest absolute Gasteiger partial charge is 0.341 e. The summed E-state index contributed by atoms with van der Waals surface area (Å²) in [6.07, 6.45) is 4.72. The van der Waals surface area contributed by atoms with Crippen LogP contribution in [0.25, 0.3) is 10.9 Å². The molecule has 2 atom stereocenters. The van der Waals surface area contributed by atoms with Gasteiger partial charge in [-0.2, -0.15) is 0 Å². The number of nitrogens with two attached hydrogens (primary N) is 1. The van der Waals surface area contributed by atoms with Crippen LogP contribution in [0.4, 0.5) is 10.1 Å². The first-order chi connectivity index (χ1) is 13.5. The van der Waals surface area contributed by atoms with Gasteiger partial charge in [-0.25, -0.2) is 9.18 Å². The molecule has 148 valence electrons. The van der Waals surface area contributed by atoms with E-state index in [-0.39, 0.29) is 35.7 Å². The van der Waals surface area contributed by atoms with Crippen molar-refractivity contribution >= 4 is 22.6 Å². The number of carbonyl (C=O) groups is 1. The van der Waals surface area contributed by atoms with E-state index < -0.39 is 17.2 Å². The number of halogens is 1. The number of anilines is 1. The summed E-state index contributed by atoms with van der Waals surface area (Å²) in [5.74, 6) is -1.82. The molecule has 0 radical (unpaired) electrons. The number of nitrogens with zero attached hydrogens (tertiary/aromatic N) is 2. The van der Waals surface area contributed by atoms with Crippen molar-refractivity contribution in [1.29, 1.82) is 0 Å². The molecule has 0 unspecified atom stereocenters. The molecular weight excluding hydrogens is 365 g/mol. The molecule has 0 spiro atoms. The van der Waals surface area contributed by atoms with Gasteiger partial charge >= 0.3 is 5.97 Å². The lowest BCUT2D eigenvalue weighted by molar-refractivity contribution is 0.0695. The Kier molecular flexibility index (Phi) is 3.96. The normalized spacial score (nSPS) is 24.6. The van der Waals surface area contributed by atoms with Crippen molar-refractivity contribution in [2.45, 2.75) is 50.4 Å². The summed E-state index contributed by atoms with van der Waals surface area (Å²) < 4.78 is 23.0. The van der Waals surface area contributed by atoms with Crippen molar-refractivity contribution in [1.82, 2.24) is 4.57 Å². The molecule has 1 aliphatic carbocycles. The van der Waals surface area contributed by atoms with Gasteiger partial charge in [-0.1, -0.05) is 0 Å². The molecule has 0 bridgehead atoms. The van der Waals surface area contributed by atoms with Gasteiger partial charge in [0.2, 0.25) is 5.43 Å². The van der Waals surface area contributed by atoms with Gasteiger partial charge in [0.25, 0.3) is 0 Å². The van der Waals surface area contributed by atoms with Crippen molar-refractivity contribution in [3.63, 3.8) is 0 Å². The van der Waals surface area contributed by atoms with Gasteiger partial charge in [-0.15, -0.1) is 0 Å². The highest BCUT2D eigenvalue weighted by atomic mass is 19.1. The number of ether oxygens (including phenoxy) is 1. The molecule has 1 saturated heterocycles. The van der Waals surface area contributed by atoms with Crippen LogP contribution in [0.3, 0.4) is 0 Å². The number of carboxylic acid groups (broad SMARTS) is 1. The lowest BCUT2D eigenvalue weighted by atomic mass is 10.0. The topological polar surface area (TPSA) is 97.8 Å². The number of carboxylic acids is 1. The molecular formula is C20H22FN3O4. The van der Waals surface area contributed by atoms with E-state index in [0.717, 1.165) is 25.7 Å². The number of rotatable bonds is 2. The van der Waals surface area contributed by atoms with Crippen LogP contribution in [0.5, 0.6) is 0 Å². The number of benzene rings is 1. The molecule has 3 aliphatic rings. The minimum absolute atomic E-state index is 0.00890. The van der Waals surface area contributed by atoms with E-state index in [4.69, 9.17) is 10.5 Å². The Labute approximate surface area is 160 Å². The minimum atomic E-state index is -1.30. The molecule has 5 rings (SSSR count). The van der Waals surface area contributed by atoms with Crippen molar-refractivity contribution < 1.29 is 19.0 Å². The van der Waals surface area contributed by atoms with Gasteiger partial charge in [-0.3, -0.25) is 4.79 Å². The Hall–Kier alpha value is -2.45. The van der Waals surface area contributed by atoms with E-state index in [1.165, 1.54) is 12.3 Å². The number of aromatic carboxylic acids is 1. The van der Waals surface area contributed by atoms with Crippen LogP contribution in [0.15, 0.2) is 17.1 Å². The average molecular weight is 387 g/mol. The Balaban J connectivity index is 1.85. The predicted octanol–water partition coefficient (Wildman–Crippen LogP) is 2.00. The number of hydrogen-bond donors (Lipinski definition) is 2. The van der Waals surface area contributed by atoms with Crippen molar-refractivity contribution in [3.05, 3.63) is 39.4 Å². The second kappa shape index (κ2) is 6.28. The molecule has 0 amide bonds. The van der Waals surface area contributed by atoms with Gasteiger partial charge in [0.15, 0.2) is 0 Å². The van der Waals surface area contributed by atoms with Crippen molar-refractivity contribution in [3.8, 4) is 0 Å². The second-order valence-electron chi connectivity index (χ2n) is 7.95. The highest BCUT2D eigenvalue weighted by molar-refractivity contribution is 5.95. The average Bonchev–Trinajstić information content (AvgIpc) is 3.41. The van der Waals surface area contributed by atoms with Crippen molar-refractivity contribution in [2.24, 2.45) is 5.73 Å². The number of aromatic nitrogens is 1. The highest BCUT2D eigenvalue weighted by Crippen LogP contribution is 2.42. The monoisotopic (exact) mass is 387 g/mol. The first-order valence-electron chi connectivity index (χ1n) is 9.71. The molecule has 1 aromatic heterocycles. The molecule has 28 heavy (non-hydrogen) atoms. The van der Waals surface area contributed by atoms with E-state index in [0.29, 0.717) is 29.9 Å². The molecule has 1 saturated carbocycles. The number of fused-ring (bicyclic) bond motifs is 5. The predicted molar refractivity (Wildman–Crippen MR) is 101 cm³/mol. The highest BCUT2D eigenvalue weighted by Gasteiger charge is 2.37. The van der Waals surface area contributed by atoms with Gasteiger partial charge < -0.3 is 25.0 Å². The standard InChI is InChI=1S/C20H22FN3O4/c21-14-7-11-17(24(10-1-2-10)8-12(19(11)25)20(26)27)13-9-28-6-4-16-15(22)3-5-23(16)18(13)14/h7-8,10,15-16H,1-6,9,22H2,(H,26,27)/t15-,16-/m1/s1. The van der Waals surface area contributed by atoms with Crippen LogP contribution in [0.1, 0.15) is 47.6 Å². The summed E-state index contributed by atoms with van der Waals surface area (Å²) in [7, 11) is 0.